The Kier molecular flexibility index (Phi) is 4.50. The third-order valence-corrected chi connectivity index (χ3v) is 3.78. The van der Waals surface area contributed by atoms with Gasteiger partial charge in [-0.1, -0.05) is 23.2 Å². The molecule has 7 heteroatoms. The molecule has 0 saturated carbocycles. The monoisotopic (exact) mass is 353 g/mol. The van der Waals surface area contributed by atoms with Crippen molar-refractivity contribution in [3.05, 3.63) is 46.4 Å². The predicted molar refractivity (Wildman–Crippen MR) is 87.7 cm³/mol. The number of halogens is 2. The fourth-order valence-electron chi connectivity index (χ4n) is 2.04. The highest BCUT2D eigenvalue weighted by Gasteiger charge is 2.19. The Morgan fingerprint density at radius 1 is 1.17 bits per heavy atom. The summed E-state index contributed by atoms with van der Waals surface area (Å²) >= 11 is 11.9. The van der Waals surface area contributed by atoms with Crippen LogP contribution in [0.5, 0.6) is 17.2 Å². The minimum absolute atomic E-state index is 0.183. The van der Waals surface area contributed by atoms with Crippen molar-refractivity contribution in [2.45, 2.75) is 13.0 Å². The summed E-state index contributed by atoms with van der Waals surface area (Å²) in [6.45, 7) is 1.82. The van der Waals surface area contributed by atoms with Crippen molar-refractivity contribution in [3.8, 4) is 17.2 Å². The Morgan fingerprint density at radius 2 is 1.96 bits per heavy atom. The lowest BCUT2D eigenvalue weighted by molar-refractivity contribution is -0.122. The number of rotatable bonds is 4. The summed E-state index contributed by atoms with van der Waals surface area (Å²) < 4.78 is 16.1. The van der Waals surface area contributed by atoms with Crippen molar-refractivity contribution >= 4 is 34.8 Å². The number of carbonyl (C=O) groups excluding carboxylic acids is 1. The Morgan fingerprint density at radius 3 is 2.78 bits per heavy atom. The van der Waals surface area contributed by atoms with E-state index >= 15 is 0 Å². The van der Waals surface area contributed by atoms with Crippen LogP contribution in [0.4, 0.5) is 5.69 Å². The van der Waals surface area contributed by atoms with Crippen molar-refractivity contribution in [1.82, 2.24) is 0 Å². The first-order chi connectivity index (χ1) is 11.0. The molecule has 1 N–H and O–H groups in total. The molecule has 120 valence electrons. The van der Waals surface area contributed by atoms with Gasteiger partial charge >= 0.3 is 0 Å². The van der Waals surface area contributed by atoms with Crippen molar-refractivity contribution in [1.29, 1.82) is 0 Å². The highest BCUT2D eigenvalue weighted by Crippen LogP contribution is 2.35. The first kappa shape index (κ1) is 15.8. The SMILES string of the molecule is CC(Oc1ccc2c(c1)OCO2)C(=O)Nc1cc(Cl)ccc1Cl. The van der Waals surface area contributed by atoms with E-state index in [9.17, 15) is 4.79 Å². The molecule has 23 heavy (non-hydrogen) atoms. The van der Waals surface area contributed by atoms with E-state index in [1.165, 1.54) is 0 Å². The molecule has 0 saturated heterocycles. The Bertz CT molecular complexity index is 751. The lowest BCUT2D eigenvalue weighted by Gasteiger charge is -2.15. The standard InChI is InChI=1S/C16H13Cl2NO4/c1-9(16(20)19-13-6-10(17)2-4-12(13)18)23-11-3-5-14-15(7-11)22-8-21-14/h2-7,9H,8H2,1H3,(H,19,20). The molecule has 1 heterocycles. The maximum absolute atomic E-state index is 12.2. The molecular weight excluding hydrogens is 341 g/mol. The van der Waals surface area contributed by atoms with Gasteiger partial charge in [-0.05, 0) is 37.3 Å². The summed E-state index contributed by atoms with van der Waals surface area (Å²) in [4.78, 5) is 12.2. The number of nitrogens with one attached hydrogen (secondary N) is 1. The van der Waals surface area contributed by atoms with Crippen molar-refractivity contribution < 1.29 is 19.0 Å². The average molecular weight is 354 g/mol. The lowest BCUT2D eigenvalue weighted by atomic mass is 10.2. The molecular formula is C16H13Cl2NO4. The maximum Gasteiger partial charge on any atom is 0.265 e. The first-order valence-corrected chi connectivity index (χ1v) is 7.61. The van der Waals surface area contributed by atoms with Crippen LogP contribution in [0.1, 0.15) is 6.92 Å². The van der Waals surface area contributed by atoms with Crippen LogP contribution in [0.15, 0.2) is 36.4 Å². The van der Waals surface area contributed by atoms with Crippen LogP contribution in [0.2, 0.25) is 10.0 Å². The van der Waals surface area contributed by atoms with Crippen LogP contribution in [-0.2, 0) is 4.79 Å². The number of fused-ring (bicyclic) bond motifs is 1. The van der Waals surface area contributed by atoms with Gasteiger partial charge in [0.2, 0.25) is 6.79 Å². The molecule has 5 nitrogen and oxygen atoms in total. The molecule has 1 aliphatic heterocycles. The zero-order valence-electron chi connectivity index (χ0n) is 12.1. The molecule has 2 aromatic carbocycles. The Hall–Kier alpha value is -2.11. The number of hydrogen-bond acceptors (Lipinski definition) is 4. The average Bonchev–Trinajstić information content (AvgIpc) is 2.98. The predicted octanol–water partition coefficient (Wildman–Crippen LogP) is 4.13. The molecule has 0 fully saturated rings. The van der Waals surface area contributed by atoms with Gasteiger partial charge in [0, 0.05) is 11.1 Å². The lowest BCUT2D eigenvalue weighted by Crippen LogP contribution is -2.30. The van der Waals surface area contributed by atoms with Crippen LogP contribution < -0.4 is 19.5 Å². The molecule has 1 amide bonds. The molecule has 1 atom stereocenters. The largest absolute Gasteiger partial charge is 0.481 e. The Labute approximate surface area is 143 Å². The van der Waals surface area contributed by atoms with E-state index in [1.807, 2.05) is 0 Å². The van der Waals surface area contributed by atoms with Crippen molar-refractivity contribution in [3.63, 3.8) is 0 Å². The Balaban J connectivity index is 1.67. The zero-order valence-corrected chi connectivity index (χ0v) is 13.6. The highest BCUT2D eigenvalue weighted by molar-refractivity contribution is 6.35. The van der Waals surface area contributed by atoms with E-state index in [-0.39, 0.29) is 12.7 Å². The van der Waals surface area contributed by atoms with Gasteiger partial charge in [-0.2, -0.15) is 0 Å². The molecule has 3 rings (SSSR count). The fourth-order valence-corrected chi connectivity index (χ4v) is 2.37. The van der Waals surface area contributed by atoms with Gasteiger partial charge in [0.25, 0.3) is 5.91 Å². The minimum Gasteiger partial charge on any atom is -0.481 e. The van der Waals surface area contributed by atoms with Gasteiger partial charge < -0.3 is 19.5 Å². The maximum atomic E-state index is 12.2. The van der Waals surface area contributed by atoms with E-state index in [0.717, 1.165) is 0 Å². The normalized spacial score (nSPS) is 13.5. The molecule has 2 aromatic rings. The third kappa shape index (κ3) is 3.63. The number of anilines is 1. The summed E-state index contributed by atoms with van der Waals surface area (Å²) in [6, 6.07) is 9.96. The number of hydrogen-bond donors (Lipinski definition) is 1. The van der Waals surface area contributed by atoms with Crippen LogP contribution in [0.25, 0.3) is 0 Å². The fraction of sp³-hybridized carbons (Fsp3) is 0.188. The molecule has 0 aromatic heterocycles. The highest BCUT2D eigenvalue weighted by atomic mass is 35.5. The van der Waals surface area contributed by atoms with Crippen molar-refractivity contribution in [2.75, 3.05) is 12.1 Å². The quantitative estimate of drug-likeness (QED) is 0.897. The molecule has 0 bridgehead atoms. The zero-order chi connectivity index (χ0) is 16.4. The van der Waals surface area contributed by atoms with Crippen LogP contribution in [0, 0.1) is 0 Å². The van der Waals surface area contributed by atoms with Gasteiger partial charge in [-0.15, -0.1) is 0 Å². The van der Waals surface area contributed by atoms with E-state index in [2.05, 4.69) is 5.32 Å². The number of amides is 1. The molecule has 0 spiro atoms. The van der Waals surface area contributed by atoms with Crippen molar-refractivity contribution in [2.24, 2.45) is 0 Å². The molecule has 1 unspecified atom stereocenters. The van der Waals surface area contributed by atoms with E-state index < -0.39 is 6.10 Å². The minimum atomic E-state index is -0.731. The second-order valence-corrected chi connectivity index (χ2v) is 5.73. The van der Waals surface area contributed by atoms with Gasteiger partial charge in [-0.25, -0.2) is 0 Å². The third-order valence-electron chi connectivity index (χ3n) is 3.21. The molecule has 0 radical (unpaired) electrons. The summed E-state index contributed by atoms with van der Waals surface area (Å²) in [5, 5.41) is 3.57. The van der Waals surface area contributed by atoms with Crippen LogP contribution in [0.3, 0.4) is 0 Å². The first-order valence-electron chi connectivity index (χ1n) is 6.85. The van der Waals surface area contributed by atoms with E-state index in [0.29, 0.717) is 33.0 Å². The van der Waals surface area contributed by atoms with Crippen LogP contribution in [-0.4, -0.2) is 18.8 Å². The second kappa shape index (κ2) is 6.56. The number of benzene rings is 2. The number of ether oxygens (including phenoxy) is 3. The second-order valence-electron chi connectivity index (χ2n) is 4.89. The molecule has 1 aliphatic rings. The van der Waals surface area contributed by atoms with Gasteiger partial charge in [0.05, 0.1) is 10.7 Å². The summed E-state index contributed by atoms with van der Waals surface area (Å²) in [5.74, 6) is 1.41. The van der Waals surface area contributed by atoms with Gasteiger partial charge in [0.1, 0.15) is 5.75 Å². The summed E-state index contributed by atoms with van der Waals surface area (Å²) in [6.07, 6.45) is -0.731. The molecule has 0 aliphatic carbocycles. The number of carbonyl (C=O) groups is 1. The topological polar surface area (TPSA) is 56.8 Å². The summed E-state index contributed by atoms with van der Waals surface area (Å²) in [7, 11) is 0. The van der Waals surface area contributed by atoms with Gasteiger partial charge in [-0.3, -0.25) is 4.79 Å². The smallest absolute Gasteiger partial charge is 0.265 e. The van der Waals surface area contributed by atoms with Crippen LogP contribution >= 0.6 is 23.2 Å². The van der Waals surface area contributed by atoms with Gasteiger partial charge in [0.15, 0.2) is 17.6 Å². The van der Waals surface area contributed by atoms with E-state index in [1.54, 1.807) is 43.3 Å². The summed E-state index contributed by atoms with van der Waals surface area (Å²) in [5.41, 5.74) is 0.435. The van der Waals surface area contributed by atoms with E-state index in [4.69, 9.17) is 37.4 Å².